The fourth-order valence-electron chi connectivity index (χ4n) is 4.78. The highest BCUT2D eigenvalue weighted by Crippen LogP contribution is 2.51. The molecule has 0 bridgehead atoms. The summed E-state index contributed by atoms with van der Waals surface area (Å²) in [5.74, 6) is -0.319. The van der Waals surface area contributed by atoms with Gasteiger partial charge in [0.15, 0.2) is 0 Å². The number of fused-ring (bicyclic) bond motifs is 2. The van der Waals surface area contributed by atoms with E-state index in [4.69, 9.17) is 0 Å². The number of piperidine rings is 1. The number of hydrogen-bond acceptors (Lipinski definition) is 3. The van der Waals surface area contributed by atoms with Gasteiger partial charge in [0, 0.05) is 31.1 Å². The maximum Gasteiger partial charge on any atom is 0.239 e. The molecule has 0 unspecified atom stereocenters. The smallest absolute Gasteiger partial charge is 0.239 e. The Kier molecular flexibility index (Phi) is 5.07. The van der Waals surface area contributed by atoms with E-state index in [9.17, 15) is 9.59 Å². The molecule has 4 rings (SSSR count). The third-order valence-corrected chi connectivity index (χ3v) is 6.18. The second-order valence-corrected chi connectivity index (χ2v) is 7.92. The predicted molar refractivity (Wildman–Crippen MR) is 110 cm³/mol. The standard InChI is InChI=1S/C23H27N3O2/c1-17(27)24-16-22(28)25-21-15-23(20-10-6-5-9-19(20)21)11-13-26(14-12-23)18-7-3-2-4-8-18/h2-10,21H,11-16H2,1H3,(H,24,27)(H,25,28)/t21-/m0/s1. The van der Waals surface area contributed by atoms with E-state index in [1.165, 1.54) is 23.7 Å². The van der Waals surface area contributed by atoms with Gasteiger partial charge in [-0.25, -0.2) is 0 Å². The van der Waals surface area contributed by atoms with Crippen LogP contribution in [-0.4, -0.2) is 31.4 Å². The van der Waals surface area contributed by atoms with Crippen LogP contribution in [0.3, 0.4) is 0 Å². The summed E-state index contributed by atoms with van der Waals surface area (Å²) in [5.41, 5.74) is 4.01. The molecule has 1 spiro atoms. The maximum absolute atomic E-state index is 12.3. The van der Waals surface area contributed by atoms with E-state index < -0.39 is 0 Å². The Hall–Kier alpha value is -2.82. The molecule has 1 atom stereocenters. The van der Waals surface area contributed by atoms with Crippen molar-refractivity contribution < 1.29 is 9.59 Å². The van der Waals surface area contributed by atoms with E-state index in [1.54, 1.807) is 0 Å². The topological polar surface area (TPSA) is 61.4 Å². The first-order chi connectivity index (χ1) is 13.6. The van der Waals surface area contributed by atoms with E-state index in [2.05, 4.69) is 64.1 Å². The van der Waals surface area contributed by atoms with Crippen molar-refractivity contribution >= 4 is 17.5 Å². The summed E-state index contributed by atoms with van der Waals surface area (Å²) >= 11 is 0. The summed E-state index contributed by atoms with van der Waals surface area (Å²) in [6.45, 7) is 3.49. The van der Waals surface area contributed by atoms with Crippen LogP contribution in [0.15, 0.2) is 54.6 Å². The normalized spacial score (nSPS) is 19.9. The van der Waals surface area contributed by atoms with Gasteiger partial charge in [0.1, 0.15) is 0 Å². The molecular formula is C23H27N3O2. The van der Waals surface area contributed by atoms with Gasteiger partial charge in [0.05, 0.1) is 12.6 Å². The highest BCUT2D eigenvalue weighted by molar-refractivity contribution is 5.84. The van der Waals surface area contributed by atoms with Crippen LogP contribution in [-0.2, 0) is 15.0 Å². The number of anilines is 1. The van der Waals surface area contributed by atoms with E-state index in [-0.39, 0.29) is 29.8 Å². The number of nitrogens with one attached hydrogen (secondary N) is 2. The molecule has 1 fully saturated rings. The second kappa shape index (κ2) is 7.66. The molecule has 1 aliphatic heterocycles. The van der Waals surface area contributed by atoms with Crippen LogP contribution in [0.4, 0.5) is 5.69 Å². The quantitative estimate of drug-likeness (QED) is 0.861. The fraction of sp³-hybridized carbons (Fsp3) is 0.391. The van der Waals surface area contributed by atoms with Crippen molar-refractivity contribution in [2.75, 3.05) is 24.5 Å². The number of rotatable bonds is 4. The molecule has 2 aromatic rings. The number of carbonyl (C=O) groups excluding carboxylic acids is 2. The van der Waals surface area contributed by atoms with Gasteiger partial charge in [-0.1, -0.05) is 42.5 Å². The van der Waals surface area contributed by atoms with Crippen molar-refractivity contribution in [2.24, 2.45) is 0 Å². The molecule has 0 saturated carbocycles. The summed E-state index contributed by atoms with van der Waals surface area (Å²) in [5, 5.41) is 5.72. The van der Waals surface area contributed by atoms with Gasteiger partial charge < -0.3 is 15.5 Å². The zero-order valence-corrected chi connectivity index (χ0v) is 16.3. The summed E-state index contributed by atoms with van der Waals surface area (Å²) in [6, 6.07) is 19.1. The minimum Gasteiger partial charge on any atom is -0.371 e. The minimum atomic E-state index is -0.188. The van der Waals surface area contributed by atoms with Gasteiger partial charge >= 0.3 is 0 Å². The fourth-order valence-corrected chi connectivity index (χ4v) is 4.78. The minimum absolute atomic E-state index is 0.0146. The Morgan fingerprint density at radius 2 is 1.71 bits per heavy atom. The van der Waals surface area contributed by atoms with Crippen LogP contribution >= 0.6 is 0 Å². The molecule has 0 aromatic heterocycles. The summed E-state index contributed by atoms with van der Waals surface area (Å²) in [7, 11) is 0. The monoisotopic (exact) mass is 377 g/mol. The third kappa shape index (κ3) is 3.61. The van der Waals surface area contributed by atoms with Crippen molar-refractivity contribution in [1.82, 2.24) is 10.6 Å². The largest absolute Gasteiger partial charge is 0.371 e. The van der Waals surface area contributed by atoms with Crippen molar-refractivity contribution in [3.8, 4) is 0 Å². The van der Waals surface area contributed by atoms with Gasteiger partial charge in [-0.15, -0.1) is 0 Å². The molecule has 2 aromatic carbocycles. The molecular weight excluding hydrogens is 350 g/mol. The van der Waals surface area contributed by atoms with E-state index in [1.807, 2.05) is 6.07 Å². The SMILES string of the molecule is CC(=O)NCC(=O)N[C@H]1CC2(CCN(c3ccccc3)CC2)c2ccccc21. The maximum atomic E-state index is 12.3. The molecule has 0 radical (unpaired) electrons. The molecule has 2 aliphatic rings. The second-order valence-electron chi connectivity index (χ2n) is 7.92. The lowest BCUT2D eigenvalue weighted by molar-refractivity contribution is -0.125. The summed E-state index contributed by atoms with van der Waals surface area (Å²) in [4.78, 5) is 25.8. The first-order valence-corrected chi connectivity index (χ1v) is 10.0. The highest BCUT2D eigenvalue weighted by atomic mass is 16.2. The third-order valence-electron chi connectivity index (χ3n) is 6.18. The van der Waals surface area contributed by atoms with Gasteiger partial charge in [-0.3, -0.25) is 9.59 Å². The molecule has 146 valence electrons. The summed E-state index contributed by atoms with van der Waals surface area (Å²) in [6.07, 6.45) is 3.09. The van der Waals surface area contributed by atoms with E-state index in [0.717, 1.165) is 32.4 Å². The van der Waals surface area contributed by atoms with Crippen LogP contribution in [0, 0.1) is 0 Å². The van der Waals surface area contributed by atoms with Crippen molar-refractivity contribution in [3.05, 3.63) is 65.7 Å². The molecule has 1 saturated heterocycles. The Balaban J connectivity index is 1.49. The van der Waals surface area contributed by atoms with Gasteiger partial charge in [-0.2, -0.15) is 0 Å². The number of hydrogen-bond donors (Lipinski definition) is 2. The number of para-hydroxylation sites is 1. The molecule has 5 nitrogen and oxygen atoms in total. The molecule has 2 amide bonds. The van der Waals surface area contributed by atoms with Crippen molar-refractivity contribution in [3.63, 3.8) is 0 Å². The van der Waals surface area contributed by atoms with E-state index in [0.29, 0.717) is 0 Å². The highest BCUT2D eigenvalue weighted by Gasteiger charge is 2.45. The lowest BCUT2D eigenvalue weighted by Gasteiger charge is -2.41. The molecule has 1 aliphatic carbocycles. The zero-order chi connectivity index (χ0) is 19.6. The molecule has 2 N–H and O–H groups in total. The Bertz CT molecular complexity index is 857. The van der Waals surface area contributed by atoms with Crippen LogP contribution in [0.2, 0.25) is 0 Å². The van der Waals surface area contributed by atoms with Crippen LogP contribution in [0.25, 0.3) is 0 Å². The predicted octanol–water partition coefficient (Wildman–Crippen LogP) is 2.92. The number of nitrogens with zero attached hydrogens (tertiary/aromatic N) is 1. The van der Waals surface area contributed by atoms with Crippen LogP contribution in [0.1, 0.15) is 43.4 Å². The first-order valence-electron chi connectivity index (χ1n) is 10.0. The molecule has 28 heavy (non-hydrogen) atoms. The number of benzene rings is 2. The lowest BCUT2D eigenvalue weighted by Crippen LogP contribution is -2.42. The van der Waals surface area contributed by atoms with Gasteiger partial charge in [-0.05, 0) is 42.5 Å². The Labute approximate surface area is 166 Å². The first kappa shape index (κ1) is 18.5. The summed E-state index contributed by atoms with van der Waals surface area (Å²) < 4.78 is 0. The average molecular weight is 377 g/mol. The lowest BCUT2D eigenvalue weighted by atomic mass is 9.73. The van der Waals surface area contributed by atoms with Crippen LogP contribution < -0.4 is 15.5 Å². The average Bonchev–Trinajstić information content (AvgIpc) is 3.01. The molecule has 1 heterocycles. The zero-order valence-electron chi connectivity index (χ0n) is 16.3. The Morgan fingerprint density at radius 1 is 1.04 bits per heavy atom. The molecule has 5 heteroatoms. The van der Waals surface area contributed by atoms with Gasteiger partial charge in [0.25, 0.3) is 0 Å². The van der Waals surface area contributed by atoms with Crippen molar-refractivity contribution in [2.45, 2.75) is 37.6 Å². The number of amides is 2. The van der Waals surface area contributed by atoms with Crippen LogP contribution in [0.5, 0.6) is 0 Å². The van der Waals surface area contributed by atoms with Gasteiger partial charge in [0.2, 0.25) is 11.8 Å². The van der Waals surface area contributed by atoms with E-state index >= 15 is 0 Å². The Morgan fingerprint density at radius 3 is 2.43 bits per heavy atom. The van der Waals surface area contributed by atoms with Crippen molar-refractivity contribution in [1.29, 1.82) is 0 Å². The number of carbonyl (C=O) groups is 2.